The molecule has 0 saturated heterocycles. The second-order valence-corrected chi connectivity index (χ2v) is 7.17. The van der Waals surface area contributed by atoms with Crippen LogP contribution in [0.3, 0.4) is 0 Å². The highest BCUT2D eigenvalue weighted by molar-refractivity contribution is 8.13. The fourth-order valence-corrected chi connectivity index (χ4v) is 3.75. The van der Waals surface area contributed by atoms with Gasteiger partial charge in [-0.05, 0) is 30.2 Å². The summed E-state index contributed by atoms with van der Waals surface area (Å²) in [5, 5.41) is 1.56. The molecule has 3 rings (SSSR count). The first kappa shape index (κ1) is 17.1. The van der Waals surface area contributed by atoms with Gasteiger partial charge in [-0.25, -0.2) is 0 Å². The number of amidine groups is 1. The third kappa shape index (κ3) is 4.40. The molecule has 1 heterocycles. The van der Waals surface area contributed by atoms with Gasteiger partial charge in [-0.1, -0.05) is 65.3 Å². The number of hydrogen-bond donors (Lipinski definition) is 0. The van der Waals surface area contributed by atoms with Crippen LogP contribution in [0.2, 0.25) is 5.02 Å². The Hall–Kier alpha value is -1.78. The van der Waals surface area contributed by atoms with Crippen molar-refractivity contribution in [2.24, 2.45) is 4.99 Å². The number of thioether (sulfide) groups is 1. The van der Waals surface area contributed by atoms with Gasteiger partial charge < -0.3 is 0 Å². The summed E-state index contributed by atoms with van der Waals surface area (Å²) in [4.78, 5) is 18.9. The molecule has 1 amide bonds. The molecule has 3 nitrogen and oxygen atoms in total. The Kier molecular flexibility index (Phi) is 5.59. The second kappa shape index (κ2) is 7.86. The maximum atomic E-state index is 12.6. The van der Waals surface area contributed by atoms with Crippen LogP contribution in [0.1, 0.15) is 16.7 Å². The topological polar surface area (TPSA) is 32.7 Å². The van der Waals surface area contributed by atoms with Gasteiger partial charge in [0.1, 0.15) is 0 Å². The minimum atomic E-state index is 0.112. The Bertz CT molecular complexity index is 758. The first-order valence-electron chi connectivity index (χ1n) is 7.89. The first-order chi connectivity index (χ1) is 11.6. The lowest BCUT2D eigenvalue weighted by Crippen LogP contribution is -2.34. The largest absolute Gasteiger partial charge is 0.289 e. The number of rotatable bonds is 4. The van der Waals surface area contributed by atoms with Crippen LogP contribution < -0.4 is 0 Å². The van der Waals surface area contributed by atoms with Gasteiger partial charge in [0.2, 0.25) is 5.91 Å². The van der Waals surface area contributed by atoms with Gasteiger partial charge in [0, 0.05) is 17.3 Å². The van der Waals surface area contributed by atoms with E-state index in [2.05, 4.69) is 11.1 Å². The lowest BCUT2D eigenvalue weighted by molar-refractivity contribution is -0.126. The molecule has 0 saturated carbocycles. The Balaban J connectivity index is 1.60. The average Bonchev–Trinajstić information content (AvgIpc) is 3.03. The molecule has 24 heavy (non-hydrogen) atoms. The summed E-state index contributed by atoms with van der Waals surface area (Å²) in [5.74, 6) is 0.894. The van der Waals surface area contributed by atoms with Crippen molar-refractivity contribution in [1.82, 2.24) is 4.90 Å². The van der Waals surface area contributed by atoms with E-state index >= 15 is 0 Å². The van der Waals surface area contributed by atoms with E-state index in [1.165, 1.54) is 11.1 Å². The Morgan fingerprint density at radius 1 is 1.21 bits per heavy atom. The highest BCUT2D eigenvalue weighted by Gasteiger charge is 2.24. The van der Waals surface area contributed by atoms with Gasteiger partial charge in [-0.2, -0.15) is 0 Å². The number of hydrogen-bond acceptors (Lipinski definition) is 3. The molecule has 0 fully saturated rings. The van der Waals surface area contributed by atoms with Crippen molar-refractivity contribution in [1.29, 1.82) is 0 Å². The summed E-state index contributed by atoms with van der Waals surface area (Å²) < 4.78 is 0. The van der Waals surface area contributed by atoms with E-state index in [1.807, 2.05) is 54.3 Å². The van der Waals surface area contributed by atoms with Crippen molar-refractivity contribution >= 4 is 34.4 Å². The van der Waals surface area contributed by atoms with E-state index in [9.17, 15) is 4.79 Å². The van der Waals surface area contributed by atoms with Crippen molar-refractivity contribution in [3.8, 4) is 0 Å². The number of carbonyl (C=O) groups excluding carboxylic acids is 1. The van der Waals surface area contributed by atoms with Crippen molar-refractivity contribution in [3.63, 3.8) is 0 Å². The van der Waals surface area contributed by atoms with E-state index in [1.54, 1.807) is 11.8 Å². The number of aliphatic imine (C=N–C) groups is 1. The monoisotopic (exact) mass is 358 g/mol. The first-order valence-corrected chi connectivity index (χ1v) is 9.26. The van der Waals surface area contributed by atoms with Crippen LogP contribution in [0.25, 0.3) is 0 Å². The Morgan fingerprint density at radius 2 is 2.00 bits per heavy atom. The van der Waals surface area contributed by atoms with Crippen molar-refractivity contribution in [2.45, 2.75) is 19.1 Å². The van der Waals surface area contributed by atoms with Crippen molar-refractivity contribution < 1.29 is 4.79 Å². The zero-order chi connectivity index (χ0) is 16.9. The van der Waals surface area contributed by atoms with Crippen LogP contribution in [-0.4, -0.2) is 29.1 Å². The van der Waals surface area contributed by atoms with Gasteiger partial charge >= 0.3 is 0 Å². The Labute approximate surface area is 151 Å². The standard InChI is InChI=1S/C19H19ClN2OS/c1-14-3-2-4-16(11-14)12-18(23)22-10-9-21-19(22)24-13-15-5-7-17(20)8-6-15/h2-8,11H,9-10,12-13H2,1H3. The highest BCUT2D eigenvalue weighted by Crippen LogP contribution is 2.21. The van der Waals surface area contributed by atoms with Gasteiger partial charge in [0.15, 0.2) is 5.17 Å². The quantitative estimate of drug-likeness (QED) is 0.815. The number of nitrogens with zero attached hydrogens (tertiary/aromatic N) is 2. The maximum Gasteiger partial charge on any atom is 0.233 e. The summed E-state index contributed by atoms with van der Waals surface area (Å²) in [6.45, 7) is 3.40. The van der Waals surface area contributed by atoms with Gasteiger partial charge in [-0.3, -0.25) is 14.7 Å². The molecular formula is C19H19ClN2OS. The molecule has 1 aliphatic rings. The maximum absolute atomic E-state index is 12.6. The molecule has 1 aliphatic heterocycles. The van der Waals surface area contributed by atoms with Crippen LogP contribution >= 0.6 is 23.4 Å². The van der Waals surface area contributed by atoms with E-state index in [0.717, 1.165) is 21.5 Å². The summed E-state index contributed by atoms with van der Waals surface area (Å²) in [5.41, 5.74) is 3.40. The van der Waals surface area contributed by atoms with E-state index in [4.69, 9.17) is 11.6 Å². The molecule has 0 atom stereocenters. The molecule has 0 radical (unpaired) electrons. The van der Waals surface area contributed by atoms with E-state index in [-0.39, 0.29) is 5.91 Å². The molecule has 0 spiro atoms. The van der Waals surface area contributed by atoms with Crippen molar-refractivity contribution in [2.75, 3.05) is 13.1 Å². The number of benzene rings is 2. The number of carbonyl (C=O) groups is 1. The van der Waals surface area contributed by atoms with E-state index < -0.39 is 0 Å². The normalized spacial score (nSPS) is 13.9. The van der Waals surface area contributed by atoms with Crippen LogP contribution in [0, 0.1) is 6.92 Å². The van der Waals surface area contributed by atoms with Crippen molar-refractivity contribution in [3.05, 3.63) is 70.2 Å². The molecular weight excluding hydrogens is 340 g/mol. The summed E-state index contributed by atoms with van der Waals surface area (Å²) in [7, 11) is 0. The minimum absolute atomic E-state index is 0.112. The van der Waals surface area contributed by atoms with Crippen LogP contribution in [0.4, 0.5) is 0 Å². The molecule has 2 aromatic carbocycles. The fourth-order valence-electron chi connectivity index (χ4n) is 2.60. The molecule has 5 heteroatoms. The molecule has 0 aromatic heterocycles. The summed E-state index contributed by atoms with van der Waals surface area (Å²) in [6.07, 6.45) is 0.419. The van der Waals surface area contributed by atoms with Gasteiger partial charge in [0.05, 0.1) is 13.0 Å². The summed E-state index contributed by atoms with van der Waals surface area (Å²) >= 11 is 7.51. The Morgan fingerprint density at radius 3 is 2.75 bits per heavy atom. The minimum Gasteiger partial charge on any atom is -0.289 e. The smallest absolute Gasteiger partial charge is 0.233 e. The SMILES string of the molecule is Cc1cccc(CC(=O)N2CCN=C2SCc2ccc(Cl)cc2)c1. The highest BCUT2D eigenvalue weighted by atomic mass is 35.5. The number of amides is 1. The average molecular weight is 359 g/mol. The second-order valence-electron chi connectivity index (χ2n) is 5.79. The predicted octanol–water partition coefficient (Wildman–Crippen LogP) is 4.32. The zero-order valence-electron chi connectivity index (χ0n) is 13.5. The van der Waals surface area contributed by atoms with Gasteiger partial charge in [-0.15, -0.1) is 0 Å². The molecule has 0 bridgehead atoms. The third-order valence-electron chi connectivity index (χ3n) is 3.82. The fraction of sp³-hybridized carbons (Fsp3) is 0.263. The lowest BCUT2D eigenvalue weighted by atomic mass is 10.1. The molecule has 124 valence electrons. The number of halogens is 1. The molecule has 0 unspecified atom stereocenters. The van der Waals surface area contributed by atoms with E-state index in [0.29, 0.717) is 19.5 Å². The molecule has 0 aliphatic carbocycles. The molecule has 0 N–H and O–H groups in total. The van der Waals surface area contributed by atoms with Gasteiger partial charge in [0.25, 0.3) is 0 Å². The summed E-state index contributed by atoms with van der Waals surface area (Å²) in [6, 6.07) is 15.9. The lowest BCUT2D eigenvalue weighted by Gasteiger charge is -2.18. The number of aryl methyl sites for hydroxylation is 1. The van der Waals surface area contributed by atoms with Crippen LogP contribution in [0.15, 0.2) is 53.5 Å². The third-order valence-corrected chi connectivity index (χ3v) is 5.16. The van der Waals surface area contributed by atoms with Crippen LogP contribution in [-0.2, 0) is 17.0 Å². The molecule has 2 aromatic rings. The van der Waals surface area contributed by atoms with Crippen LogP contribution in [0.5, 0.6) is 0 Å². The predicted molar refractivity (Wildman–Crippen MR) is 102 cm³/mol. The zero-order valence-corrected chi connectivity index (χ0v) is 15.1.